The molecule has 4 atom stereocenters. The molecular formula is C48H62N8O8. The molecule has 3 aliphatic heterocycles. The van der Waals surface area contributed by atoms with Crippen LogP contribution in [0.3, 0.4) is 0 Å². The number of aromatic hydroxyl groups is 1. The van der Waals surface area contributed by atoms with Gasteiger partial charge in [0, 0.05) is 81.5 Å². The molecule has 64 heavy (non-hydrogen) atoms. The number of ether oxygens (including phenoxy) is 2. The van der Waals surface area contributed by atoms with E-state index >= 15 is 0 Å². The largest absolute Gasteiger partial charge is 0.508 e. The maximum absolute atomic E-state index is 14.6. The van der Waals surface area contributed by atoms with Crippen molar-refractivity contribution in [2.45, 2.75) is 97.6 Å². The van der Waals surface area contributed by atoms with Gasteiger partial charge in [-0.2, -0.15) is 0 Å². The van der Waals surface area contributed by atoms with E-state index in [1.165, 1.54) is 21.9 Å². The Labute approximate surface area is 374 Å². The van der Waals surface area contributed by atoms with Crippen LogP contribution in [0.25, 0.3) is 33.3 Å². The molecule has 5 heterocycles. The van der Waals surface area contributed by atoms with Crippen molar-refractivity contribution in [3.05, 3.63) is 71.5 Å². The number of aromatic nitrogens is 2. The first kappa shape index (κ1) is 46.2. The number of phenols is 1. The Balaban J connectivity index is 1.30. The van der Waals surface area contributed by atoms with Gasteiger partial charge < -0.3 is 39.6 Å². The molecule has 16 nitrogen and oxygen atoms in total. The molecule has 7 rings (SSSR count). The molecule has 16 heteroatoms. The number of pyridine rings is 1. The number of nitrogens with zero attached hydrogens (tertiary/aromatic N) is 5. The Morgan fingerprint density at radius 3 is 2.56 bits per heavy atom. The highest BCUT2D eigenvalue weighted by Gasteiger charge is 2.39. The molecule has 2 saturated heterocycles. The summed E-state index contributed by atoms with van der Waals surface area (Å²) in [6.07, 6.45) is 5.10. The molecule has 4 amide bonds. The van der Waals surface area contributed by atoms with Crippen LogP contribution in [0.1, 0.15) is 64.2 Å². The van der Waals surface area contributed by atoms with Crippen molar-refractivity contribution in [1.29, 1.82) is 0 Å². The van der Waals surface area contributed by atoms with Crippen LogP contribution in [-0.2, 0) is 59.4 Å². The van der Waals surface area contributed by atoms with E-state index in [4.69, 9.17) is 9.47 Å². The lowest BCUT2D eigenvalue weighted by Gasteiger charge is -2.37. The number of carbonyl (C=O) groups excluding carboxylic acids is 5. The van der Waals surface area contributed by atoms with Gasteiger partial charge in [0.1, 0.15) is 23.9 Å². The van der Waals surface area contributed by atoms with Crippen LogP contribution in [0.5, 0.6) is 5.75 Å². The molecule has 0 aliphatic carbocycles. The first-order valence-electron chi connectivity index (χ1n) is 22.2. The number of phenolic OH excluding ortho intramolecular Hbond substituents is 1. The Kier molecular flexibility index (Phi) is 13.8. The number of benzene rings is 2. The number of cyclic esters (lactones) is 1. The van der Waals surface area contributed by atoms with Gasteiger partial charge in [-0.05, 0) is 90.3 Å². The van der Waals surface area contributed by atoms with Crippen molar-refractivity contribution >= 4 is 40.5 Å². The van der Waals surface area contributed by atoms with Crippen molar-refractivity contribution in [1.82, 2.24) is 40.4 Å². The quantitative estimate of drug-likeness (QED) is 0.126. The molecule has 2 aromatic heterocycles. The van der Waals surface area contributed by atoms with Gasteiger partial charge >= 0.3 is 5.97 Å². The van der Waals surface area contributed by atoms with Crippen molar-refractivity contribution in [2.24, 2.45) is 11.3 Å². The minimum absolute atomic E-state index is 0.0170. The number of methoxy groups -OCH3 is 1. The number of amides is 4. The van der Waals surface area contributed by atoms with E-state index in [2.05, 4.69) is 58.5 Å². The second-order valence-electron chi connectivity index (χ2n) is 18.5. The predicted octanol–water partition coefficient (Wildman–Crippen LogP) is 3.80. The van der Waals surface area contributed by atoms with Gasteiger partial charge in [0.25, 0.3) is 5.91 Å². The van der Waals surface area contributed by atoms with E-state index < -0.39 is 47.2 Å². The summed E-state index contributed by atoms with van der Waals surface area (Å²) in [6, 6.07) is 10.1. The number of hydrogen-bond donors (Lipinski definition) is 4. The lowest BCUT2D eigenvalue weighted by atomic mass is 9.84. The molecule has 4 aromatic rings. The third kappa shape index (κ3) is 9.93. The topological polar surface area (TPSA) is 198 Å². The third-order valence-corrected chi connectivity index (χ3v) is 12.5. The molecule has 4 N–H and O–H groups in total. The normalized spacial score (nSPS) is 20.3. The van der Waals surface area contributed by atoms with E-state index in [1.807, 2.05) is 38.2 Å². The van der Waals surface area contributed by atoms with Gasteiger partial charge in [-0.25, -0.2) is 5.43 Å². The van der Waals surface area contributed by atoms with Crippen molar-refractivity contribution < 1.29 is 38.6 Å². The zero-order valence-corrected chi connectivity index (χ0v) is 38.2. The second-order valence-corrected chi connectivity index (χ2v) is 18.5. The van der Waals surface area contributed by atoms with E-state index in [9.17, 15) is 29.1 Å². The van der Waals surface area contributed by atoms with Gasteiger partial charge in [0.15, 0.2) is 0 Å². The van der Waals surface area contributed by atoms with E-state index in [1.54, 1.807) is 32.5 Å². The fourth-order valence-electron chi connectivity index (χ4n) is 9.16. The zero-order valence-electron chi connectivity index (χ0n) is 38.2. The molecule has 2 aromatic carbocycles. The standard InChI is InChI=1S/C48H62N8O8/c1-9-55-40-13-12-30-21-34(40)35(43(55)36-23-49-15-14-31(36)26-63-8)22-48(4,5)27-64-47(62)37-11-10-16-56(52-37)46(61)38(19-29-17-32(30)20-33(57)18-29)51-44(59)42(28(2)3)54(7)41(58)25-53(6)45(60)39-24-50-39/h12-15,17-18,20-21,23,28,37-39,42,50,52,57H,9-11,16,19,22,24-27H2,1-8H3,(H,51,59)/t37-,38-,39+,42-/m0/s1. The van der Waals surface area contributed by atoms with Crippen molar-refractivity contribution in [3.63, 3.8) is 0 Å². The van der Waals surface area contributed by atoms with Crippen LogP contribution in [0.2, 0.25) is 0 Å². The summed E-state index contributed by atoms with van der Waals surface area (Å²) in [6.45, 7) is 11.6. The van der Waals surface area contributed by atoms with Crippen molar-refractivity contribution in [3.8, 4) is 28.1 Å². The summed E-state index contributed by atoms with van der Waals surface area (Å²) >= 11 is 0. The first-order chi connectivity index (χ1) is 30.5. The molecule has 0 spiro atoms. The molecule has 0 saturated carbocycles. The third-order valence-electron chi connectivity index (χ3n) is 12.5. The maximum Gasteiger partial charge on any atom is 0.324 e. The SMILES string of the molecule is CCn1c(-c2cnccc2COC)c2c3cc(ccc31)-c1cc(O)cc(c1)C[C@H](NC(=O)[C@H](C(C)C)N(C)C(=O)CN(C)C(=O)[C@H]1CN1)C(=O)N1CCC[C@H](N1)C(=O)OCC(C)(C)C2. The minimum atomic E-state index is -1.17. The van der Waals surface area contributed by atoms with Crippen LogP contribution in [-0.4, -0.2) is 131 Å². The highest BCUT2D eigenvalue weighted by molar-refractivity contribution is 5.96. The molecule has 6 bridgehead atoms. The fourth-order valence-corrected chi connectivity index (χ4v) is 9.16. The number of aryl methyl sites for hydroxylation is 1. The summed E-state index contributed by atoms with van der Waals surface area (Å²) in [7, 11) is 4.74. The highest BCUT2D eigenvalue weighted by Crippen LogP contribution is 2.41. The summed E-state index contributed by atoms with van der Waals surface area (Å²) in [5, 5.41) is 19.5. The van der Waals surface area contributed by atoms with Gasteiger partial charge in [-0.1, -0.05) is 39.8 Å². The fraction of sp³-hybridized carbons (Fsp3) is 0.500. The Hall–Kier alpha value is -5.84. The molecule has 0 radical (unpaired) electrons. The lowest BCUT2D eigenvalue weighted by molar-refractivity contribution is -0.155. The number of likely N-dealkylation sites (N-methyl/N-ethyl adjacent to an activating group) is 2. The number of fused-ring (bicyclic) bond motifs is 6. The van der Waals surface area contributed by atoms with E-state index in [-0.39, 0.29) is 49.7 Å². The first-order valence-corrected chi connectivity index (χ1v) is 22.2. The average molecular weight is 879 g/mol. The minimum Gasteiger partial charge on any atom is -0.508 e. The molecule has 2 fully saturated rings. The summed E-state index contributed by atoms with van der Waals surface area (Å²) < 4.78 is 14.0. The van der Waals surface area contributed by atoms with Crippen LogP contribution in [0, 0.1) is 11.3 Å². The van der Waals surface area contributed by atoms with Gasteiger partial charge in [-0.3, -0.25) is 34.0 Å². The number of esters is 1. The summed E-state index contributed by atoms with van der Waals surface area (Å²) in [5.41, 5.74) is 9.68. The number of hydrazine groups is 1. The summed E-state index contributed by atoms with van der Waals surface area (Å²) in [5.74, 6) is -2.55. The predicted molar refractivity (Wildman–Crippen MR) is 241 cm³/mol. The van der Waals surface area contributed by atoms with Crippen LogP contribution >= 0.6 is 0 Å². The smallest absolute Gasteiger partial charge is 0.324 e. The number of nitrogens with one attached hydrogen (secondary N) is 3. The number of carbonyl (C=O) groups is 5. The highest BCUT2D eigenvalue weighted by atomic mass is 16.5. The van der Waals surface area contributed by atoms with E-state index in [0.29, 0.717) is 50.1 Å². The van der Waals surface area contributed by atoms with Crippen molar-refractivity contribution in [2.75, 3.05) is 47.4 Å². The lowest BCUT2D eigenvalue weighted by Crippen LogP contribution is -2.62. The van der Waals surface area contributed by atoms with Crippen LogP contribution in [0.4, 0.5) is 0 Å². The molecule has 0 unspecified atom stereocenters. The van der Waals surface area contributed by atoms with Gasteiger partial charge in [0.05, 0.1) is 31.5 Å². The maximum atomic E-state index is 14.6. The van der Waals surface area contributed by atoms with E-state index in [0.717, 1.165) is 38.9 Å². The number of hydrogen-bond acceptors (Lipinski definition) is 11. The Bertz CT molecular complexity index is 2430. The van der Waals surface area contributed by atoms with Crippen LogP contribution in [0.15, 0.2) is 54.9 Å². The number of rotatable bonds is 11. The monoisotopic (exact) mass is 878 g/mol. The summed E-state index contributed by atoms with van der Waals surface area (Å²) in [4.78, 5) is 76.2. The second kappa shape index (κ2) is 19.1. The molecule has 342 valence electrons. The molecular weight excluding hydrogens is 817 g/mol. The Morgan fingerprint density at radius 1 is 1.09 bits per heavy atom. The van der Waals surface area contributed by atoms with Crippen LogP contribution < -0.4 is 16.1 Å². The molecule has 3 aliphatic rings. The van der Waals surface area contributed by atoms with Gasteiger partial charge in [0.2, 0.25) is 17.7 Å². The zero-order chi connectivity index (χ0) is 46.0. The van der Waals surface area contributed by atoms with Gasteiger partial charge in [-0.15, -0.1) is 0 Å². The average Bonchev–Trinajstić information content (AvgIpc) is 4.07. The Morgan fingerprint density at radius 2 is 1.86 bits per heavy atom.